The highest BCUT2D eigenvalue weighted by Gasteiger charge is 2.35. The lowest BCUT2D eigenvalue weighted by Gasteiger charge is -2.31. The molecule has 1 aliphatic rings. The van der Waals surface area contributed by atoms with Crippen LogP contribution in [-0.4, -0.2) is 11.4 Å². The van der Waals surface area contributed by atoms with Gasteiger partial charge in [0.2, 0.25) is 5.91 Å². The van der Waals surface area contributed by atoms with Crippen molar-refractivity contribution in [3.63, 3.8) is 0 Å². The van der Waals surface area contributed by atoms with E-state index in [1.807, 2.05) is 24.3 Å². The molecule has 2 rings (SSSR count). The van der Waals surface area contributed by atoms with Crippen LogP contribution in [0.5, 0.6) is 0 Å². The van der Waals surface area contributed by atoms with Crippen LogP contribution in [0.3, 0.4) is 0 Å². The third-order valence-electron chi connectivity index (χ3n) is 3.28. The molecule has 0 atom stereocenters. The summed E-state index contributed by atoms with van der Waals surface area (Å²) in [6, 6.07) is 7.57. The van der Waals surface area contributed by atoms with E-state index in [9.17, 15) is 4.79 Å². The highest BCUT2D eigenvalue weighted by molar-refractivity contribution is 9.10. The average molecular weight is 297 g/mol. The van der Waals surface area contributed by atoms with Crippen LogP contribution >= 0.6 is 15.9 Å². The molecule has 0 bridgehead atoms. The summed E-state index contributed by atoms with van der Waals surface area (Å²) in [5, 5.41) is 2.90. The van der Waals surface area contributed by atoms with E-state index in [-0.39, 0.29) is 5.91 Å². The Balaban J connectivity index is 2.05. The summed E-state index contributed by atoms with van der Waals surface area (Å²) < 4.78 is 0.949. The predicted molar refractivity (Wildman–Crippen MR) is 72.8 cm³/mol. The Morgan fingerprint density at radius 1 is 1.29 bits per heavy atom. The summed E-state index contributed by atoms with van der Waals surface area (Å²) in [6.45, 7) is 0. The third-order valence-corrected chi connectivity index (χ3v) is 3.77. The fourth-order valence-electron chi connectivity index (χ4n) is 2.23. The van der Waals surface area contributed by atoms with E-state index in [0.29, 0.717) is 0 Å². The Hall–Kier alpha value is -0.870. The van der Waals surface area contributed by atoms with Gasteiger partial charge in [-0.05, 0) is 31.0 Å². The van der Waals surface area contributed by atoms with Gasteiger partial charge < -0.3 is 11.1 Å². The molecule has 1 aliphatic carbocycles. The molecule has 92 valence electrons. The van der Waals surface area contributed by atoms with Crippen molar-refractivity contribution in [2.75, 3.05) is 5.32 Å². The molecule has 3 N–H and O–H groups in total. The maximum Gasteiger partial charge on any atom is 0.244 e. The van der Waals surface area contributed by atoms with Gasteiger partial charge in [0, 0.05) is 10.2 Å². The Labute approximate surface area is 110 Å². The van der Waals surface area contributed by atoms with Crippen molar-refractivity contribution in [2.24, 2.45) is 5.73 Å². The smallest absolute Gasteiger partial charge is 0.244 e. The van der Waals surface area contributed by atoms with Crippen molar-refractivity contribution in [1.82, 2.24) is 0 Å². The van der Waals surface area contributed by atoms with Crippen LogP contribution in [-0.2, 0) is 4.79 Å². The van der Waals surface area contributed by atoms with Crippen LogP contribution in [0.25, 0.3) is 0 Å². The summed E-state index contributed by atoms with van der Waals surface area (Å²) in [6.07, 6.45) is 4.84. The lowest BCUT2D eigenvalue weighted by atomic mass is 9.82. The standard InChI is InChI=1S/C13H17BrN2O/c14-10-5-4-6-11(9-10)16-12(17)13(15)7-2-1-3-8-13/h4-6,9H,1-3,7-8,15H2,(H,16,17). The molecular formula is C13H17BrN2O. The number of amides is 1. The van der Waals surface area contributed by atoms with E-state index < -0.39 is 5.54 Å². The molecule has 0 radical (unpaired) electrons. The zero-order valence-corrected chi connectivity index (χ0v) is 11.3. The SMILES string of the molecule is NC1(C(=O)Nc2cccc(Br)c2)CCCCC1. The Kier molecular flexibility index (Phi) is 3.84. The van der Waals surface area contributed by atoms with Crippen molar-refractivity contribution >= 4 is 27.5 Å². The number of hydrogen-bond acceptors (Lipinski definition) is 2. The quantitative estimate of drug-likeness (QED) is 0.881. The van der Waals surface area contributed by atoms with E-state index in [2.05, 4.69) is 21.2 Å². The van der Waals surface area contributed by atoms with E-state index in [0.717, 1.165) is 35.8 Å². The minimum Gasteiger partial charge on any atom is -0.324 e. The molecule has 1 aromatic rings. The lowest BCUT2D eigenvalue weighted by molar-refractivity contribution is -0.122. The number of hydrogen-bond donors (Lipinski definition) is 2. The maximum atomic E-state index is 12.1. The van der Waals surface area contributed by atoms with Crippen molar-refractivity contribution in [2.45, 2.75) is 37.6 Å². The molecule has 1 fully saturated rings. The highest BCUT2D eigenvalue weighted by atomic mass is 79.9. The van der Waals surface area contributed by atoms with Gasteiger partial charge in [-0.25, -0.2) is 0 Å². The van der Waals surface area contributed by atoms with Crippen LogP contribution in [0.2, 0.25) is 0 Å². The van der Waals surface area contributed by atoms with Crippen molar-refractivity contribution < 1.29 is 4.79 Å². The molecule has 0 aromatic heterocycles. The van der Waals surface area contributed by atoms with Gasteiger partial charge in [0.1, 0.15) is 0 Å². The number of halogens is 1. The summed E-state index contributed by atoms with van der Waals surface area (Å²) >= 11 is 3.38. The topological polar surface area (TPSA) is 55.1 Å². The van der Waals surface area contributed by atoms with Crippen molar-refractivity contribution in [1.29, 1.82) is 0 Å². The zero-order valence-electron chi connectivity index (χ0n) is 9.71. The van der Waals surface area contributed by atoms with Gasteiger partial charge in [-0.1, -0.05) is 41.3 Å². The first-order valence-corrected chi connectivity index (χ1v) is 6.75. The third kappa shape index (κ3) is 3.07. The van der Waals surface area contributed by atoms with Gasteiger partial charge >= 0.3 is 0 Å². The Morgan fingerprint density at radius 3 is 2.65 bits per heavy atom. The Bertz CT molecular complexity index is 414. The Morgan fingerprint density at radius 2 is 2.00 bits per heavy atom. The summed E-state index contributed by atoms with van der Waals surface area (Å²) in [7, 11) is 0. The predicted octanol–water partition coefficient (Wildman–Crippen LogP) is 3.05. The lowest BCUT2D eigenvalue weighted by Crippen LogP contribution is -2.52. The van der Waals surface area contributed by atoms with Crippen LogP contribution in [0.4, 0.5) is 5.69 Å². The average Bonchev–Trinajstić information content (AvgIpc) is 2.30. The first kappa shape index (κ1) is 12.6. The summed E-state index contributed by atoms with van der Waals surface area (Å²) in [4.78, 5) is 12.1. The number of nitrogens with two attached hydrogens (primary N) is 1. The summed E-state index contributed by atoms with van der Waals surface area (Å²) in [5.41, 5.74) is 6.28. The number of rotatable bonds is 2. The summed E-state index contributed by atoms with van der Waals surface area (Å²) in [5.74, 6) is -0.0599. The second kappa shape index (κ2) is 5.19. The number of benzene rings is 1. The second-order valence-corrected chi connectivity index (χ2v) is 5.60. The molecule has 0 heterocycles. The largest absolute Gasteiger partial charge is 0.324 e. The molecule has 3 nitrogen and oxygen atoms in total. The van der Waals surface area contributed by atoms with E-state index in [4.69, 9.17) is 5.73 Å². The first-order chi connectivity index (χ1) is 8.10. The highest BCUT2D eigenvalue weighted by Crippen LogP contribution is 2.27. The fourth-order valence-corrected chi connectivity index (χ4v) is 2.63. The molecular weight excluding hydrogens is 280 g/mol. The van der Waals surface area contributed by atoms with Crippen LogP contribution < -0.4 is 11.1 Å². The van der Waals surface area contributed by atoms with Crippen LogP contribution in [0, 0.1) is 0 Å². The van der Waals surface area contributed by atoms with Gasteiger partial charge in [0.05, 0.1) is 5.54 Å². The molecule has 1 saturated carbocycles. The molecule has 1 aromatic carbocycles. The fraction of sp³-hybridized carbons (Fsp3) is 0.462. The molecule has 1 amide bonds. The van der Waals surface area contributed by atoms with E-state index >= 15 is 0 Å². The minimum absolute atomic E-state index is 0.0599. The molecule has 0 aliphatic heterocycles. The monoisotopic (exact) mass is 296 g/mol. The molecule has 4 heteroatoms. The zero-order chi connectivity index (χ0) is 12.3. The van der Waals surface area contributed by atoms with Crippen LogP contribution in [0.15, 0.2) is 28.7 Å². The second-order valence-electron chi connectivity index (χ2n) is 4.68. The van der Waals surface area contributed by atoms with Crippen molar-refractivity contribution in [3.05, 3.63) is 28.7 Å². The first-order valence-electron chi connectivity index (χ1n) is 5.96. The van der Waals surface area contributed by atoms with Crippen LogP contribution in [0.1, 0.15) is 32.1 Å². The van der Waals surface area contributed by atoms with Gasteiger partial charge in [-0.3, -0.25) is 4.79 Å². The van der Waals surface area contributed by atoms with Crippen molar-refractivity contribution in [3.8, 4) is 0 Å². The number of carbonyl (C=O) groups is 1. The molecule has 0 saturated heterocycles. The number of carbonyl (C=O) groups excluding carboxylic acids is 1. The van der Waals surface area contributed by atoms with Gasteiger partial charge in [-0.15, -0.1) is 0 Å². The molecule has 17 heavy (non-hydrogen) atoms. The van der Waals surface area contributed by atoms with Gasteiger partial charge in [0.25, 0.3) is 0 Å². The van der Waals surface area contributed by atoms with Gasteiger partial charge in [-0.2, -0.15) is 0 Å². The number of anilines is 1. The van der Waals surface area contributed by atoms with Gasteiger partial charge in [0.15, 0.2) is 0 Å². The van der Waals surface area contributed by atoms with E-state index in [1.165, 1.54) is 6.42 Å². The normalized spacial score (nSPS) is 18.7. The molecule has 0 unspecified atom stereocenters. The molecule has 0 spiro atoms. The number of nitrogens with one attached hydrogen (secondary N) is 1. The van der Waals surface area contributed by atoms with E-state index in [1.54, 1.807) is 0 Å². The maximum absolute atomic E-state index is 12.1. The minimum atomic E-state index is -0.680.